The molecule has 0 atom stereocenters. The zero-order chi connectivity index (χ0) is 15.2. The van der Waals surface area contributed by atoms with Crippen LogP contribution in [0.15, 0.2) is 30.3 Å². The molecule has 0 bridgehead atoms. The summed E-state index contributed by atoms with van der Waals surface area (Å²) in [6.45, 7) is 4.68. The molecule has 0 aliphatic carbocycles. The highest BCUT2D eigenvalue weighted by Gasteiger charge is 2.08. The smallest absolute Gasteiger partial charge is 0.121 e. The number of nitrogens with two attached hydrogens (primary N) is 1. The summed E-state index contributed by atoms with van der Waals surface area (Å²) in [7, 11) is 0. The van der Waals surface area contributed by atoms with Crippen molar-refractivity contribution in [2.24, 2.45) is 5.73 Å². The second kappa shape index (κ2) is 6.73. The average molecular weight is 282 g/mol. The summed E-state index contributed by atoms with van der Waals surface area (Å²) in [6.07, 6.45) is 0. The van der Waals surface area contributed by atoms with E-state index in [0.29, 0.717) is 18.7 Å². The number of nitrogens with one attached hydrogen (secondary N) is 1. The van der Waals surface area contributed by atoms with Crippen LogP contribution in [0.5, 0.6) is 5.75 Å². The van der Waals surface area contributed by atoms with E-state index >= 15 is 0 Å². The van der Waals surface area contributed by atoms with E-state index in [4.69, 9.17) is 10.5 Å². The van der Waals surface area contributed by atoms with Crippen molar-refractivity contribution in [1.29, 1.82) is 5.26 Å². The minimum Gasteiger partial charge on any atom is -0.492 e. The van der Waals surface area contributed by atoms with Crippen molar-refractivity contribution >= 4 is 11.4 Å². The molecule has 108 valence electrons. The molecule has 0 saturated heterocycles. The molecule has 0 aliphatic rings. The van der Waals surface area contributed by atoms with Gasteiger partial charge in [0.25, 0.3) is 0 Å². The van der Waals surface area contributed by atoms with E-state index in [1.807, 2.05) is 44.2 Å². The first-order chi connectivity index (χ1) is 10.1. The normalized spacial score (nSPS) is 10.0. The lowest BCUT2D eigenvalue weighted by Crippen LogP contribution is -2.10. The van der Waals surface area contributed by atoms with Crippen molar-refractivity contribution in [3.8, 4) is 11.8 Å². The molecule has 2 rings (SSSR count). The SMILES string of the molecule is Cc1cc(Nc2cccc(OCCN)c2)c(C#N)c(C)n1. The maximum Gasteiger partial charge on any atom is 0.121 e. The van der Waals surface area contributed by atoms with Crippen LogP contribution < -0.4 is 15.8 Å². The van der Waals surface area contributed by atoms with Crippen LogP contribution in [0.4, 0.5) is 11.4 Å². The van der Waals surface area contributed by atoms with Crippen LogP contribution in [0.3, 0.4) is 0 Å². The first kappa shape index (κ1) is 14.8. The molecule has 3 N–H and O–H groups in total. The first-order valence-corrected chi connectivity index (χ1v) is 6.72. The predicted octanol–water partition coefficient (Wildman–Crippen LogP) is 2.65. The zero-order valence-corrected chi connectivity index (χ0v) is 12.2. The molecule has 1 aromatic carbocycles. The first-order valence-electron chi connectivity index (χ1n) is 6.72. The highest BCUT2D eigenvalue weighted by molar-refractivity contribution is 5.68. The second-order valence-electron chi connectivity index (χ2n) is 4.67. The molecule has 5 nitrogen and oxygen atoms in total. The Morgan fingerprint density at radius 1 is 1.33 bits per heavy atom. The number of aromatic nitrogens is 1. The lowest BCUT2D eigenvalue weighted by Gasteiger charge is -2.12. The second-order valence-corrected chi connectivity index (χ2v) is 4.67. The quantitative estimate of drug-likeness (QED) is 0.880. The number of pyridine rings is 1. The summed E-state index contributed by atoms with van der Waals surface area (Å²) < 4.78 is 5.50. The van der Waals surface area contributed by atoms with Gasteiger partial charge in [-0.05, 0) is 32.0 Å². The fourth-order valence-electron chi connectivity index (χ4n) is 2.06. The van der Waals surface area contributed by atoms with Gasteiger partial charge in [-0.2, -0.15) is 5.26 Å². The lowest BCUT2D eigenvalue weighted by atomic mass is 10.1. The minimum absolute atomic E-state index is 0.471. The molecule has 0 amide bonds. The third-order valence-corrected chi connectivity index (χ3v) is 2.94. The maximum absolute atomic E-state index is 9.27. The van der Waals surface area contributed by atoms with Crippen LogP contribution in [-0.4, -0.2) is 18.1 Å². The van der Waals surface area contributed by atoms with Crippen molar-refractivity contribution in [2.75, 3.05) is 18.5 Å². The van der Waals surface area contributed by atoms with Gasteiger partial charge in [-0.1, -0.05) is 6.07 Å². The Hall–Kier alpha value is -2.58. The Balaban J connectivity index is 2.28. The van der Waals surface area contributed by atoms with Gasteiger partial charge >= 0.3 is 0 Å². The van der Waals surface area contributed by atoms with Crippen LogP contribution in [0, 0.1) is 25.2 Å². The summed E-state index contributed by atoms with van der Waals surface area (Å²) in [4.78, 5) is 4.30. The number of nitrogens with zero attached hydrogens (tertiary/aromatic N) is 2. The Bertz CT molecular complexity index is 676. The predicted molar refractivity (Wildman–Crippen MR) is 82.7 cm³/mol. The molecule has 0 aliphatic heterocycles. The molecule has 0 radical (unpaired) electrons. The largest absolute Gasteiger partial charge is 0.492 e. The number of hydrogen-bond donors (Lipinski definition) is 2. The third kappa shape index (κ3) is 3.71. The maximum atomic E-state index is 9.27. The fourth-order valence-corrected chi connectivity index (χ4v) is 2.06. The Labute approximate surface area is 124 Å². The van der Waals surface area contributed by atoms with E-state index in [1.165, 1.54) is 0 Å². The molecule has 0 saturated carbocycles. The number of anilines is 2. The fraction of sp³-hybridized carbons (Fsp3) is 0.250. The van der Waals surface area contributed by atoms with Gasteiger partial charge in [0.2, 0.25) is 0 Å². The molecule has 21 heavy (non-hydrogen) atoms. The van der Waals surface area contributed by atoms with Gasteiger partial charge in [0.15, 0.2) is 0 Å². The van der Waals surface area contributed by atoms with Crippen molar-refractivity contribution in [1.82, 2.24) is 4.98 Å². The molecule has 0 unspecified atom stereocenters. The number of hydrogen-bond acceptors (Lipinski definition) is 5. The summed E-state index contributed by atoms with van der Waals surface area (Å²) in [5, 5.41) is 12.5. The lowest BCUT2D eigenvalue weighted by molar-refractivity contribution is 0.328. The number of rotatable bonds is 5. The van der Waals surface area contributed by atoms with Crippen LogP contribution in [0.1, 0.15) is 17.0 Å². The molecule has 2 aromatic rings. The summed E-state index contributed by atoms with van der Waals surface area (Å²) in [5.74, 6) is 0.742. The Kier molecular flexibility index (Phi) is 4.75. The molecule has 0 spiro atoms. The third-order valence-electron chi connectivity index (χ3n) is 2.94. The zero-order valence-electron chi connectivity index (χ0n) is 12.2. The van der Waals surface area contributed by atoms with E-state index in [0.717, 1.165) is 28.5 Å². The summed E-state index contributed by atoms with van der Waals surface area (Å²) in [5.41, 5.74) is 9.16. The topological polar surface area (TPSA) is 84.0 Å². The van der Waals surface area contributed by atoms with Crippen LogP contribution >= 0.6 is 0 Å². The van der Waals surface area contributed by atoms with Gasteiger partial charge in [-0.15, -0.1) is 0 Å². The van der Waals surface area contributed by atoms with Gasteiger partial charge in [-0.3, -0.25) is 4.98 Å². The number of nitriles is 1. The van der Waals surface area contributed by atoms with Gasteiger partial charge in [0.1, 0.15) is 18.4 Å². The molecule has 0 fully saturated rings. The van der Waals surface area contributed by atoms with Gasteiger partial charge in [0, 0.05) is 24.0 Å². The van der Waals surface area contributed by atoms with Crippen LogP contribution in [0.2, 0.25) is 0 Å². The van der Waals surface area contributed by atoms with Crippen molar-refractivity contribution in [3.63, 3.8) is 0 Å². The van der Waals surface area contributed by atoms with Crippen molar-refractivity contribution in [3.05, 3.63) is 47.3 Å². The molecule has 1 heterocycles. The summed E-state index contributed by atoms with van der Waals surface area (Å²) >= 11 is 0. The Morgan fingerprint density at radius 3 is 2.86 bits per heavy atom. The van der Waals surface area contributed by atoms with Crippen LogP contribution in [0.25, 0.3) is 0 Å². The summed E-state index contributed by atoms with van der Waals surface area (Å²) in [6, 6.07) is 11.6. The number of benzene rings is 1. The van der Waals surface area contributed by atoms with Gasteiger partial charge in [-0.25, -0.2) is 0 Å². The monoisotopic (exact) mass is 282 g/mol. The average Bonchev–Trinajstić information content (AvgIpc) is 2.45. The minimum atomic E-state index is 0.471. The van der Waals surface area contributed by atoms with Crippen molar-refractivity contribution < 1.29 is 4.74 Å². The van der Waals surface area contributed by atoms with E-state index in [-0.39, 0.29) is 0 Å². The highest BCUT2D eigenvalue weighted by Crippen LogP contribution is 2.25. The standard InChI is InChI=1S/C16H18N4O/c1-11-8-16(15(10-18)12(2)19-11)20-13-4-3-5-14(9-13)21-7-6-17/h3-5,8-9H,6-7,17H2,1-2H3,(H,19,20). The van der Waals surface area contributed by atoms with E-state index < -0.39 is 0 Å². The van der Waals surface area contributed by atoms with E-state index in [1.54, 1.807) is 0 Å². The van der Waals surface area contributed by atoms with Crippen molar-refractivity contribution in [2.45, 2.75) is 13.8 Å². The molecular formula is C16H18N4O. The molecule has 5 heteroatoms. The highest BCUT2D eigenvalue weighted by atomic mass is 16.5. The molecular weight excluding hydrogens is 264 g/mol. The number of ether oxygens (including phenoxy) is 1. The van der Waals surface area contributed by atoms with Crippen LogP contribution in [-0.2, 0) is 0 Å². The van der Waals surface area contributed by atoms with Gasteiger partial charge in [0.05, 0.1) is 16.9 Å². The van der Waals surface area contributed by atoms with E-state index in [9.17, 15) is 5.26 Å². The Morgan fingerprint density at radius 2 is 2.14 bits per heavy atom. The molecule has 1 aromatic heterocycles. The van der Waals surface area contributed by atoms with E-state index in [2.05, 4.69) is 16.4 Å². The number of aryl methyl sites for hydroxylation is 2. The van der Waals surface area contributed by atoms with Gasteiger partial charge < -0.3 is 15.8 Å².